The number of aromatic amines is 1. The van der Waals surface area contributed by atoms with Crippen LogP contribution in [0.2, 0.25) is 0 Å². The number of carbonyl (C=O) groups excluding carboxylic acids is 1. The van der Waals surface area contributed by atoms with Crippen molar-refractivity contribution in [2.24, 2.45) is 0 Å². The van der Waals surface area contributed by atoms with Crippen LogP contribution in [0.4, 0.5) is 4.39 Å². The standard InChI is InChI=1S/C12H13BrFN5O/c1-7(12-16-18-19-17-12)6-15-11(20)5-8-4-9(13)2-3-10(8)14/h2-4,7H,5-6H2,1H3,(H,15,20)(H,16,17,18,19). The van der Waals surface area contributed by atoms with Gasteiger partial charge in [-0.1, -0.05) is 28.1 Å². The van der Waals surface area contributed by atoms with Crippen molar-refractivity contribution in [3.05, 3.63) is 39.9 Å². The number of benzene rings is 1. The van der Waals surface area contributed by atoms with Gasteiger partial charge in [0.15, 0.2) is 5.82 Å². The third kappa shape index (κ3) is 3.83. The molecule has 0 saturated carbocycles. The molecule has 1 heterocycles. The molecule has 0 aliphatic heterocycles. The summed E-state index contributed by atoms with van der Waals surface area (Å²) in [5.74, 6) is -0.184. The van der Waals surface area contributed by atoms with Crippen LogP contribution >= 0.6 is 15.9 Å². The number of amides is 1. The molecule has 0 aliphatic carbocycles. The Kier molecular flexibility index (Phi) is 4.78. The first-order valence-corrected chi connectivity index (χ1v) is 6.79. The van der Waals surface area contributed by atoms with Crippen LogP contribution in [0.15, 0.2) is 22.7 Å². The molecule has 2 N–H and O–H groups in total. The first-order valence-electron chi connectivity index (χ1n) is 6.00. The predicted molar refractivity (Wildman–Crippen MR) is 73.4 cm³/mol. The number of tetrazole rings is 1. The van der Waals surface area contributed by atoms with Crippen molar-refractivity contribution in [1.29, 1.82) is 0 Å². The lowest BCUT2D eigenvalue weighted by atomic mass is 10.1. The molecule has 1 aromatic heterocycles. The van der Waals surface area contributed by atoms with E-state index >= 15 is 0 Å². The number of aromatic nitrogens is 4. The van der Waals surface area contributed by atoms with E-state index < -0.39 is 5.82 Å². The minimum atomic E-state index is -0.394. The van der Waals surface area contributed by atoms with Crippen molar-refractivity contribution in [3.63, 3.8) is 0 Å². The van der Waals surface area contributed by atoms with E-state index in [0.29, 0.717) is 17.9 Å². The molecule has 1 unspecified atom stereocenters. The second kappa shape index (κ2) is 6.56. The van der Waals surface area contributed by atoms with Crippen LogP contribution in [0, 0.1) is 5.82 Å². The Bertz CT molecular complexity index is 590. The van der Waals surface area contributed by atoms with Crippen LogP contribution in [0.3, 0.4) is 0 Å². The van der Waals surface area contributed by atoms with Gasteiger partial charge in [-0.05, 0) is 23.8 Å². The second-order valence-corrected chi connectivity index (χ2v) is 5.30. The zero-order valence-electron chi connectivity index (χ0n) is 10.7. The predicted octanol–water partition coefficient (Wildman–Crippen LogP) is 1.56. The van der Waals surface area contributed by atoms with E-state index in [1.54, 1.807) is 12.1 Å². The highest BCUT2D eigenvalue weighted by Crippen LogP contribution is 2.16. The lowest BCUT2D eigenvalue weighted by molar-refractivity contribution is -0.120. The van der Waals surface area contributed by atoms with Crippen molar-refractivity contribution in [2.75, 3.05) is 6.54 Å². The van der Waals surface area contributed by atoms with E-state index in [2.05, 4.69) is 41.9 Å². The fraction of sp³-hybridized carbons (Fsp3) is 0.333. The van der Waals surface area contributed by atoms with Gasteiger partial charge in [0, 0.05) is 16.9 Å². The average Bonchev–Trinajstić information content (AvgIpc) is 2.94. The highest BCUT2D eigenvalue weighted by molar-refractivity contribution is 9.10. The molecule has 2 aromatic rings. The van der Waals surface area contributed by atoms with Gasteiger partial charge in [-0.3, -0.25) is 4.79 Å². The van der Waals surface area contributed by atoms with E-state index in [1.165, 1.54) is 6.07 Å². The Labute approximate surface area is 123 Å². The molecule has 1 atom stereocenters. The number of hydrogen-bond acceptors (Lipinski definition) is 4. The van der Waals surface area contributed by atoms with Gasteiger partial charge in [-0.25, -0.2) is 4.39 Å². The molecule has 106 valence electrons. The van der Waals surface area contributed by atoms with Crippen molar-refractivity contribution in [2.45, 2.75) is 19.3 Å². The summed E-state index contributed by atoms with van der Waals surface area (Å²) in [5, 5.41) is 16.2. The Morgan fingerprint density at radius 2 is 2.35 bits per heavy atom. The summed E-state index contributed by atoms with van der Waals surface area (Å²) in [5.41, 5.74) is 0.351. The van der Waals surface area contributed by atoms with E-state index in [1.807, 2.05) is 6.92 Å². The molecule has 2 rings (SSSR count). The van der Waals surface area contributed by atoms with Crippen LogP contribution in [-0.4, -0.2) is 33.1 Å². The minimum absolute atomic E-state index is 0.00969. The molecule has 0 fully saturated rings. The van der Waals surface area contributed by atoms with Crippen molar-refractivity contribution in [3.8, 4) is 0 Å². The summed E-state index contributed by atoms with van der Waals surface area (Å²) >= 11 is 3.25. The molecule has 0 bridgehead atoms. The second-order valence-electron chi connectivity index (χ2n) is 4.39. The quantitative estimate of drug-likeness (QED) is 0.864. The van der Waals surface area contributed by atoms with Gasteiger partial charge in [-0.2, -0.15) is 5.21 Å². The molecular weight excluding hydrogens is 329 g/mol. The van der Waals surface area contributed by atoms with Crippen molar-refractivity contribution < 1.29 is 9.18 Å². The largest absolute Gasteiger partial charge is 0.355 e. The molecule has 6 nitrogen and oxygen atoms in total. The highest BCUT2D eigenvalue weighted by atomic mass is 79.9. The van der Waals surface area contributed by atoms with E-state index in [4.69, 9.17) is 0 Å². The van der Waals surface area contributed by atoms with E-state index in [-0.39, 0.29) is 18.2 Å². The summed E-state index contributed by atoms with van der Waals surface area (Å²) in [7, 11) is 0. The van der Waals surface area contributed by atoms with E-state index in [0.717, 1.165) is 4.47 Å². The maximum Gasteiger partial charge on any atom is 0.224 e. The molecule has 0 spiro atoms. The van der Waals surface area contributed by atoms with Gasteiger partial charge in [0.1, 0.15) is 5.82 Å². The van der Waals surface area contributed by atoms with Crippen LogP contribution in [-0.2, 0) is 11.2 Å². The Hall–Kier alpha value is -1.83. The lowest BCUT2D eigenvalue weighted by Crippen LogP contribution is -2.29. The Balaban J connectivity index is 1.88. The molecular formula is C12H13BrFN5O. The number of hydrogen-bond donors (Lipinski definition) is 2. The Morgan fingerprint density at radius 3 is 3.05 bits per heavy atom. The monoisotopic (exact) mass is 341 g/mol. The molecule has 1 amide bonds. The van der Waals surface area contributed by atoms with Crippen molar-refractivity contribution >= 4 is 21.8 Å². The van der Waals surface area contributed by atoms with Gasteiger partial charge in [0.2, 0.25) is 5.91 Å². The topological polar surface area (TPSA) is 83.6 Å². The van der Waals surface area contributed by atoms with E-state index in [9.17, 15) is 9.18 Å². The average molecular weight is 342 g/mol. The van der Waals surface area contributed by atoms with Gasteiger partial charge >= 0.3 is 0 Å². The number of carbonyl (C=O) groups is 1. The number of nitrogens with zero attached hydrogens (tertiary/aromatic N) is 3. The van der Waals surface area contributed by atoms with Crippen molar-refractivity contribution in [1.82, 2.24) is 25.9 Å². The van der Waals surface area contributed by atoms with Gasteiger partial charge in [0.05, 0.1) is 6.42 Å². The molecule has 0 aliphatic rings. The van der Waals surface area contributed by atoms with Crippen LogP contribution in [0.25, 0.3) is 0 Å². The Morgan fingerprint density at radius 1 is 1.55 bits per heavy atom. The third-order valence-electron chi connectivity index (χ3n) is 2.77. The third-order valence-corrected chi connectivity index (χ3v) is 3.26. The van der Waals surface area contributed by atoms with Gasteiger partial charge in [0.25, 0.3) is 0 Å². The number of H-pyrrole nitrogens is 1. The first-order chi connectivity index (χ1) is 9.56. The minimum Gasteiger partial charge on any atom is -0.355 e. The van der Waals surface area contributed by atoms with Gasteiger partial charge < -0.3 is 5.32 Å². The molecule has 0 radical (unpaired) electrons. The maximum absolute atomic E-state index is 13.5. The maximum atomic E-state index is 13.5. The summed E-state index contributed by atoms with van der Waals surface area (Å²) < 4.78 is 14.3. The fourth-order valence-corrected chi connectivity index (χ4v) is 2.06. The highest BCUT2D eigenvalue weighted by Gasteiger charge is 2.13. The molecule has 20 heavy (non-hydrogen) atoms. The zero-order valence-corrected chi connectivity index (χ0v) is 12.3. The molecule has 1 aromatic carbocycles. The summed E-state index contributed by atoms with van der Waals surface area (Å²) in [6.07, 6.45) is -0.00969. The molecule has 8 heteroatoms. The SMILES string of the molecule is CC(CNC(=O)Cc1cc(Br)ccc1F)c1nn[nH]n1. The summed E-state index contributed by atoms with van der Waals surface area (Å²) in [4.78, 5) is 11.8. The van der Waals surface area contributed by atoms with Crippen LogP contribution < -0.4 is 5.32 Å². The smallest absolute Gasteiger partial charge is 0.224 e. The number of nitrogens with one attached hydrogen (secondary N) is 2. The summed E-state index contributed by atoms with van der Waals surface area (Å²) in [6.45, 7) is 2.23. The van der Waals surface area contributed by atoms with Crippen LogP contribution in [0.1, 0.15) is 24.2 Å². The zero-order chi connectivity index (χ0) is 14.5. The normalized spacial score (nSPS) is 12.2. The lowest BCUT2D eigenvalue weighted by Gasteiger charge is -2.09. The number of rotatable bonds is 5. The first kappa shape index (κ1) is 14.6. The van der Waals surface area contributed by atoms with Gasteiger partial charge in [-0.15, -0.1) is 10.2 Å². The van der Waals surface area contributed by atoms with Crippen LogP contribution in [0.5, 0.6) is 0 Å². The number of halogens is 2. The molecule has 0 saturated heterocycles. The fourth-order valence-electron chi connectivity index (χ4n) is 1.65. The summed E-state index contributed by atoms with van der Waals surface area (Å²) in [6, 6.07) is 4.52.